The van der Waals surface area contributed by atoms with Crippen molar-refractivity contribution in [2.24, 2.45) is 0 Å². The number of carbonyl (C=O) groups is 1. The first-order chi connectivity index (χ1) is 11.3. The molecule has 0 aliphatic carbocycles. The van der Waals surface area contributed by atoms with Crippen LogP contribution >= 0.6 is 0 Å². The summed E-state index contributed by atoms with van der Waals surface area (Å²) >= 11 is 0. The average molecular weight is 334 g/mol. The Balaban J connectivity index is 1.98. The molecule has 0 spiro atoms. The Labute approximate surface area is 137 Å². The van der Waals surface area contributed by atoms with Crippen LogP contribution in [0.3, 0.4) is 0 Å². The Kier molecular flexibility index (Phi) is 5.28. The van der Waals surface area contributed by atoms with Crippen LogP contribution < -0.4 is 0 Å². The summed E-state index contributed by atoms with van der Waals surface area (Å²) in [6.45, 7) is 0. The van der Waals surface area contributed by atoms with Gasteiger partial charge >= 0.3 is 0 Å². The lowest BCUT2D eigenvalue weighted by Gasteiger charge is -2.18. The summed E-state index contributed by atoms with van der Waals surface area (Å²) < 4.78 is 0. The molecule has 2 unspecified atom stereocenters. The Morgan fingerprint density at radius 2 is 1.42 bits per heavy atom. The second kappa shape index (κ2) is 7.20. The van der Waals surface area contributed by atoms with Crippen LogP contribution in [0, 0.1) is 0 Å². The van der Waals surface area contributed by atoms with E-state index in [1.54, 1.807) is 0 Å². The van der Waals surface area contributed by atoms with Gasteiger partial charge in [0.15, 0.2) is 28.8 Å². The number of phenolic OH excluding ortho intramolecular Hbond substituents is 4. The van der Waals surface area contributed by atoms with E-state index in [4.69, 9.17) is 0 Å². The van der Waals surface area contributed by atoms with Crippen molar-refractivity contribution in [3.8, 4) is 23.0 Å². The SMILES string of the molecule is O=C(CCC(O)C(O)c1ccc(O)c(O)c1)c1ccc(O)c(O)c1. The zero-order valence-electron chi connectivity index (χ0n) is 12.6. The Hall–Kier alpha value is -2.77. The van der Waals surface area contributed by atoms with Gasteiger partial charge in [0.2, 0.25) is 0 Å². The molecule has 0 aliphatic heterocycles. The monoisotopic (exact) mass is 334 g/mol. The van der Waals surface area contributed by atoms with Gasteiger partial charge in [-0.05, 0) is 42.3 Å². The third kappa shape index (κ3) is 3.95. The smallest absolute Gasteiger partial charge is 0.163 e. The average Bonchev–Trinajstić information content (AvgIpc) is 2.56. The Morgan fingerprint density at radius 3 is 2.00 bits per heavy atom. The van der Waals surface area contributed by atoms with Crippen LogP contribution in [-0.4, -0.2) is 42.5 Å². The van der Waals surface area contributed by atoms with Gasteiger partial charge in [-0.25, -0.2) is 0 Å². The van der Waals surface area contributed by atoms with E-state index >= 15 is 0 Å². The molecule has 7 nitrogen and oxygen atoms in total. The number of aliphatic hydroxyl groups is 2. The van der Waals surface area contributed by atoms with Gasteiger partial charge in [-0.1, -0.05) is 6.07 Å². The summed E-state index contributed by atoms with van der Waals surface area (Å²) in [6, 6.07) is 7.32. The summed E-state index contributed by atoms with van der Waals surface area (Å²) in [6.07, 6.45) is -2.74. The van der Waals surface area contributed by atoms with Gasteiger partial charge in [0, 0.05) is 12.0 Å². The molecule has 128 valence electrons. The van der Waals surface area contributed by atoms with Gasteiger partial charge < -0.3 is 30.6 Å². The molecular weight excluding hydrogens is 316 g/mol. The molecule has 2 rings (SSSR count). The summed E-state index contributed by atoms with van der Waals surface area (Å²) in [5.74, 6) is -1.89. The number of rotatable bonds is 6. The molecule has 0 saturated heterocycles. The molecule has 24 heavy (non-hydrogen) atoms. The fraction of sp³-hybridized carbons (Fsp3) is 0.235. The first-order valence-corrected chi connectivity index (χ1v) is 7.22. The minimum absolute atomic E-state index is 0.0523. The van der Waals surface area contributed by atoms with Crippen molar-refractivity contribution in [1.29, 1.82) is 0 Å². The summed E-state index contributed by atoms with van der Waals surface area (Å²) in [5.41, 5.74) is 0.377. The van der Waals surface area contributed by atoms with E-state index in [2.05, 4.69) is 0 Å². The maximum Gasteiger partial charge on any atom is 0.163 e. The van der Waals surface area contributed by atoms with Crippen molar-refractivity contribution in [2.45, 2.75) is 25.0 Å². The van der Waals surface area contributed by atoms with Crippen LogP contribution in [0.2, 0.25) is 0 Å². The van der Waals surface area contributed by atoms with Gasteiger partial charge in [0.25, 0.3) is 0 Å². The molecule has 0 aliphatic rings. The number of aromatic hydroxyl groups is 4. The van der Waals surface area contributed by atoms with Crippen LogP contribution in [0.25, 0.3) is 0 Å². The lowest BCUT2D eigenvalue weighted by Crippen LogP contribution is -2.19. The summed E-state index contributed by atoms with van der Waals surface area (Å²) in [5, 5.41) is 57.3. The number of hydrogen-bond acceptors (Lipinski definition) is 7. The van der Waals surface area contributed by atoms with Crippen molar-refractivity contribution in [2.75, 3.05) is 0 Å². The second-order valence-corrected chi connectivity index (χ2v) is 5.43. The van der Waals surface area contributed by atoms with Crippen molar-refractivity contribution < 1.29 is 35.4 Å². The highest BCUT2D eigenvalue weighted by molar-refractivity contribution is 5.96. The maximum absolute atomic E-state index is 12.0. The number of ketones is 1. The molecule has 0 heterocycles. The number of hydrogen-bond donors (Lipinski definition) is 6. The molecule has 0 fully saturated rings. The van der Waals surface area contributed by atoms with Crippen molar-refractivity contribution >= 4 is 5.78 Å². The molecule has 2 atom stereocenters. The molecular formula is C17H18O7. The number of phenols is 4. The Bertz CT molecular complexity index is 742. The highest BCUT2D eigenvalue weighted by Crippen LogP contribution is 2.30. The van der Waals surface area contributed by atoms with E-state index in [-0.39, 0.29) is 41.3 Å². The fourth-order valence-electron chi connectivity index (χ4n) is 2.22. The predicted octanol–water partition coefficient (Wildman–Crippen LogP) is 1.57. The summed E-state index contributed by atoms with van der Waals surface area (Å²) in [4.78, 5) is 12.0. The molecule has 0 bridgehead atoms. The Morgan fingerprint density at radius 1 is 0.833 bits per heavy atom. The zero-order chi connectivity index (χ0) is 17.9. The van der Waals surface area contributed by atoms with Crippen LogP contribution in [0.1, 0.15) is 34.9 Å². The van der Waals surface area contributed by atoms with Crippen molar-refractivity contribution in [3.63, 3.8) is 0 Å². The third-order valence-corrected chi connectivity index (χ3v) is 3.67. The third-order valence-electron chi connectivity index (χ3n) is 3.67. The van der Waals surface area contributed by atoms with Crippen molar-refractivity contribution in [3.05, 3.63) is 47.5 Å². The van der Waals surface area contributed by atoms with Crippen LogP contribution in [0.15, 0.2) is 36.4 Å². The van der Waals surface area contributed by atoms with E-state index in [0.717, 1.165) is 12.1 Å². The first-order valence-electron chi connectivity index (χ1n) is 7.22. The topological polar surface area (TPSA) is 138 Å². The first kappa shape index (κ1) is 17.6. The van der Waals surface area contributed by atoms with E-state index in [1.807, 2.05) is 0 Å². The second-order valence-electron chi connectivity index (χ2n) is 5.43. The molecule has 0 saturated carbocycles. The van der Waals surface area contributed by atoms with Gasteiger partial charge in [-0.2, -0.15) is 0 Å². The lowest BCUT2D eigenvalue weighted by atomic mass is 9.97. The minimum Gasteiger partial charge on any atom is -0.504 e. The zero-order valence-corrected chi connectivity index (χ0v) is 12.6. The largest absolute Gasteiger partial charge is 0.504 e. The van der Waals surface area contributed by atoms with Crippen molar-refractivity contribution in [1.82, 2.24) is 0 Å². The molecule has 0 aromatic heterocycles. The maximum atomic E-state index is 12.0. The van der Waals surface area contributed by atoms with Gasteiger partial charge in [-0.3, -0.25) is 4.79 Å². The normalized spacial score (nSPS) is 13.4. The minimum atomic E-state index is -1.34. The van der Waals surface area contributed by atoms with Gasteiger partial charge in [0.1, 0.15) is 6.10 Å². The lowest BCUT2D eigenvalue weighted by molar-refractivity contribution is 0.0125. The molecule has 2 aromatic rings. The van der Waals surface area contributed by atoms with Crippen LogP contribution in [0.4, 0.5) is 0 Å². The summed E-state index contributed by atoms with van der Waals surface area (Å²) in [7, 11) is 0. The molecule has 7 heteroatoms. The molecule has 0 amide bonds. The van der Waals surface area contributed by atoms with Crippen LogP contribution in [0.5, 0.6) is 23.0 Å². The van der Waals surface area contributed by atoms with Crippen LogP contribution in [-0.2, 0) is 0 Å². The van der Waals surface area contributed by atoms with E-state index in [1.165, 1.54) is 24.3 Å². The highest BCUT2D eigenvalue weighted by Gasteiger charge is 2.21. The number of Topliss-reactive ketones (excluding diaryl/α,β-unsaturated/α-hetero) is 1. The quantitative estimate of drug-likeness (QED) is 0.348. The fourth-order valence-corrected chi connectivity index (χ4v) is 2.22. The predicted molar refractivity (Wildman–Crippen MR) is 84.1 cm³/mol. The van der Waals surface area contributed by atoms with Gasteiger partial charge in [0.05, 0.1) is 6.10 Å². The van der Waals surface area contributed by atoms with E-state index in [0.29, 0.717) is 0 Å². The highest BCUT2D eigenvalue weighted by atomic mass is 16.3. The number of aliphatic hydroxyl groups excluding tert-OH is 2. The number of carbonyl (C=O) groups excluding carboxylic acids is 1. The van der Waals surface area contributed by atoms with E-state index in [9.17, 15) is 35.4 Å². The number of benzene rings is 2. The standard InChI is InChI=1S/C17H18O7/c18-11(9-1-3-12(19)15(22)7-9)5-6-14(21)17(24)10-2-4-13(20)16(23)8-10/h1-4,7-8,14,17,19-24H,5-6H2. The van der Waals surface area contributed by atoms with Gasteiger partial charge in [-0.15, -0.1) is 0 Å². The molecule has 2 aromatic carbocycles. The molecule has 6 N–H and O–H groups in total. The van der Waals surface area contributed by atoms with E-state index < -0.39 is 23.7 Å². The molecule has 0 radical (unpaired) electrons.